The molecule has 0 radical (unpaired) electrons. The second-order valence-corrected chi connectivity index (χ2v) is 11.0. The Hall–Kier alpha value is -3.95. The van der Waals surface area contributed by atoms with Crippen LogP contribution in [-0.4, -0.2) is 39.3 Å². The number of pyridine rings is 2. The van der Waals surface area contributed by atoms with Gasteiger partial charge in [0, 0.05) is 52.7 Å². The first-order chi connectivity index (χ1) is 18.6. The molecule has 39 heavy (non-hydrogen) atoms. The number of carbonyl (C=O) groups excluding carboxylic acids is 2. The lowest BCUT2D eigenvalue weighted by molar-refractivity contribution is -0.114. The topological polar surface area (TPSA) is 127 Å². The third-order valence-electron chi connectivity index (χ3n) is 6.31. The molecule has 2 aromatic carbocycles. The Balaban J connectivity index is 1.86. The molecule has 0 bridgehead atoms. The minimum atomic E-state index is -1.03. The van der Waals surface area contributed by atoms with E-state index in [1.165, 1.54) is 6.92 Å². The predicted molar refractivity (Wildman–Crippen MR) is 153 cm³/mol. The largest absolute Gasteiger partial charge is 0.443 e. The summed E-state index contributed by atoms with van der Waals surface area (Å²) in [4.78, 5) is 34.5. The van der Waals surface area contributed by atoms with Crippen molar-refractivity contribution >= 4 is 40.5 Å². The number of primary amides is 1. The molecule has 0 aliphatic rings. The van der Waals surface area contributed by atoms with Gasteiger partial charge in [0.1, 0.15) is 5.60 Å². The highest BCUT2D eigenvalue weighted by Gasteiger charge is 2.38. The average molecular weight is 545 g/mol. The molecule has 0 saturated carbocycles. The molecule has 2 amide bonds. The smallest absolute Gasteiger partial charge is 0.405 e. The molecule has 2 heterocycles. The van der Waals surface area contributed by atoms with Crippen LogP contribution in [0.4, 0.5) is 10.5 Å². The minimum absolute atomic E-state index is 0.00399. The van der Waals surface area contributed by atoms with Gasteiger partial charge in [-0.25, -0.2) is 14.8 Å². The van der Waals surface area contributed by atoms with Gasteiger partial charge < -0.3 is 20.9 Å². The van der Waals surface area contributed by atoms with E-state index in [4.69, 9.17) is 10.5 Å². The lowest BCUT2D eigenvalue weighted by atomic mass is 9.78. The first-order valence-electron chi connectivity index (χ1n) is 12.6. The van der Waals surface area contributed by atoms with Crippen molar-refractivity contribution in [3.05, 3.63) is 89.2 Å². The van der Waals surface area contributed by atoms with Crippen molar-refractivity contribution in [3.63, 3.8) is 0 Å². The van der Waals surface area contributed by atoms with Crippen molar-refractivity contribution in [1.82, 2.24) is 9.97 Å². The standard InChI is InChI=1S/C30H32N4O4S/c1-18-5-12-26(39-22-9-6-20(7-10-22)33-19(2)36)25(17-18)27(30(3,4)38-29(31)37)23-13-15-32-28-24(23)11-8-21(34-28)14-16-35/h5-13,15,17,27,35H,14,16H2,1-4H3,(H2,31,37)(H,33,36). The molecule has 4 aromatic rings. The van der Waals surface area contributed by atoms with Gasteiger partial charge in [-0.3, -0.25) is 4.79 Å². The second kappa shape index (κ2) is 11.8. The van der Waals surface area contributed by atoms with Crippen LogP contribution in [0.15, 0.2) is 76.7 Å². The highest BCUT2D eigenvalue weighted by Crippen LogP contribution is 2.45. The molecule has 1 atom stereocenters. The number of carbonyl (C=O) groups is 2. The van der Waals surface area contributed by atoms with Crippen molar-refractivity contribution in [2.45, 2.75) is 55.4 Å². The van der Waals surface area contributed by atoms with E-state index in [0.29, 0.717) is 12.1 Å². The molecule has 0 aliphatic heterocycles. The lowest BCUT2D eigenvalue weighted by Gasteiger charge is -2.36. The Kier molecular flexibility index (Phi) is 8.52. The van der Waals surface area contributed by atoms with E-state index in [0.717, 1.165) is 43.2 Å². The Morgan fingerprint density at radius 3 is 2.49 bits per heavy atom. The van der Waals surface area contributed by atoms with Gasteiger partial charge in [-0.05, 0) is 80.4 Å². The van der Waals surface area contributed by atoms with Gasteiger partial charge in [-0.2, -0.15) is 0 Å². The summed E-state index contributed by atoms with van der Waals surface area (Å²) in [5.74, 6) is -0.541. The van der Waals surface area contributed by atoms with E-state index in [1.54, 1.807) is 18.0 Å². The van der Waals surface area contributed by atoms with Crippen LogP contribution in [0.5, 0.6) is 0 Å². The number of nitrogens with zero attached hydrogens (tertiary/aromatic N) is 2. The molecule has 0 saturated heterocycles. The van der Waals surface area contributed by atoms with Crippen LogP contribution in [0.3, 0.4) is 0 Å². The van der Waals surface area contributed by atoms with Gasteiger partial charge in [-0.15, -0.1) is 0 Å². The molecule has 9 heteroatoms. The molecule has 0 spiro atoms. The number of aromatic nitrogens is 2. The number of nitrogens with two attached hydrogens (primary N) is 1. The maximum Gasteiger partial charge on any atom is 0.405 e. The van der Waals surface area contributed by atoms with E-state index in [9.17, 15) is 14.7 Å². The van der Waals surface area contributed by atoms with E-state index >= 15 is 0 Å². The number of hydrogen-bond donors (Lipinski definition) is 3. The van der Waals surface area contributed by atoms with Crippen LogP contribution in [0.2, 0.25) is 0 Å². The zero-order valence-corrected chi connectivity index (χ0v) is 23.2. The Labute approximate surface area is 232 Å². The zero-order chi connectivity index (χ0) is 28.2. The van der Waals surface area contributed by atoms with Crippen molar-refractivity contribution in [2.24, 2.45) is 5.73 Å². The number of aliphatic hydroxyl groups is 1. The summed E-state index contributed by atoms with van der Waals surface area (Å²) in [6.45, 7) is 7.19. The third kappa shape index (κ3) is 6.74. The number of amides is 2. The van der Waals surface area contributed by atoms with Gasteiger partial charge in [0.05, 0.1) is 5.92 Å². The van der Waals surface area contributed by atoms with E-state index in [-0.39, 0.29) is 12.5 Å². The monoisotopic (exact) mass is 544 g/mol. The van der Waals surface area contributed by atoms with Gasteiger partial charge in [0.15, 0.2) is 5.65 Å². The fourth-order valence-electron chi connectivity index (χ4n) is 4.75. The summed E-state index contributed by atoms with van der Waals surface area (Å²) in [7, 11) is 0. The molecule has 2 aromatic heterocycles. The first kappa shape index (κ1) is 28.1. The van der Waals surface area contributed by atoms with Gasteiger partial charge in [0.25, 0.3) is 0 Å². The summed E-state index contributed by atoms with van der Waals surface area (Å²) >= 11 is 1.58. The maximum atomic E-state index is 12.0. The molecule has 0 aliphatic carbocycles. The molecule has 1 unspecified atom stereocenters. The van der Waals surface area contributed by atoms with Crippen LogP contribution < -0.4 is 11.1 Å². The summed E-state index contributed by atoms with van der Waals surface area (Å²) in [5, 5.41) is 13.0. The van der Waals surface area contributed by atoms with Gasteiger partial charge in [-0.1, -0.05) is 29.5 Å². The number of ether oxygens (including phenoxy) is 1. The molecule has 4 N–H and O–H groups in total. The number of rotatable bonds is 9. The molecule has 202 valence electrons. The second-order valence-electron chi connectivity index (χ2n) is 9.85. The molecular weight excluding hydrogens is 512 g/mol. The SMILES string of the molecule is CC(=O)Nc1ccc(Sc2ccc(C)cc2C(c2ccnc3nc(CCO)ccc23)C(C)(C)OC(N)=O)cc1. The van der Waals surface area contributed by atoms with E-state index in [2.05, 4.69) is 27.4 Å². The van der Waals surface area contributed by atoms with Crippen molar-refractivity contribution in [1.29, 1.82) is 0 Å². The number of anilines is 1. The third-order valence-corrected chi connectivity index (χ3v) is 7.41. The minimum Gasteiger partial charge on any atom is -0.443 e. The van der Waals surface area contributed by atoms with Crippen LogP contribution in [0.1, 0.15) is 49.1 Å². The Morgan fingerprint density at radius 1 is 1.08 bits per heavy atom. The quantitative estimate of drug-likeness (QED) is 0.251. The van der Waals surface area contributed by atoms with Crippen molar-refractivity contribution < 1.29 is 19.4 Å². The number of aliphatic hydroxyl groups excluding tert-OH is 1. The summed E-state index contributed by atoms with van der Waals surface area (Å²) in [6, 6.07) is 19.6. The van der Waals surface area contributed by atoms with E-state index in [1.807, 2.05) is 69.3 Å². The summed E-state index contributed by atoms with van der Waals surface area (Å²) in [6.07, 6.45) is 1.27. The summed E-state index contributed by atoms with van der Waals surface area (Å²) < 4.78 is 5.73. The highest BCUT2D eigenvalue weighted by molar-refractivity contribution is 7.99. The molecule has 4 rings (SSSR count). The van der Waals surface area contributed by atoms with Crippen LogP contribution in [0.25, 0.3) is 11.0 Å². The van der Waals surface area contributed by atoms with Crippen LogP contribution >= 0.6 is 11.8 Å². The highest BCUT2D eigenvalue weighted by atomic mass is 32.2. The maximum absolute atomic E-state index is 12.0. The van der Waals surface area contributed by atoms with Crippen molar-refractivity contribution in [2.75, 3.05) is 11.9 Å². The van der Waals surface area contributed by atoms with Gasteiger partial charge in [0.2, 0.25) is 5.91 Å². The Morgan fingerprint density at radius 2 is 1.82 bits per heavy atom. The number of aryl methyl sites for hydroxylation is 1. The predicted octanol–water partition coefficient (Wildman–Crippen LogP) is 5.59. The number of nitrogens with one attached hydrogen (secondary N) is 1. The number of hydrogen-bond acceptors (Lipinski definition) is 7. The molecule has 8 nitrogen and oxygen atoms in total. The molecule has 0 fully saturated rings. The first-order valence-corrected chi connectivity index (χ1v) is 13.4. The fourth-order valence-corrected chi connectivity index (χ4v) is 5.71. The van der Waals surface area contributed by atoms with Crippen molar-refractivity contribution in [3.8, 4) is 0 Å². The molecular formula is C30H32N4O4S. The van der Waals surface area contributed by atoms with Crippen LogP contribution in [-0.2, 0) is 16.0 Å². The summed E-state index contributed by atoms with van der Waals surface area (Å²) in [5.41, 5.74) is 9.43. The number of fused-ring (bicyclic) bond motifs is 1. The normalized spacial score (nSPS) is 12.2. The van der Waals surface area contributed by atoms with Crippen LogP contribution in [0, 0.1) is 6.92 Å². The van der Waals surface area contributed by atoms with Gasteiger partial charge >= 0.3 is 6.09 Å². The zero-order valence-electron chi connectivity index (χ0n) is 22.4. The fraction of sp³-hybridized carbons (Fsp3) is 0.267. The van der Waals surface area contributed by atoms with E-state index < -0.39 is 17.6 Å². The Bertz CT molecular complexity index is 1510. The average Bonchev–Trinajstić information content (AvgIpc) is 2.86. The lowest BCUT2D eigenvalue weighted by Crippen LogP contribution is -2.38. The number of benzene rings is 2.